The highest BCUT2D eigenvalue weighted by atomic mass is 32.2. The third-order valence-electron chi connectivity index (χ3n) is 2.57. The molecular weight excluding hydrogens is 264 g/mol. The van der Waals surface area contributed by atoms with E-state index in [1.807, 2.05) is 51.0 Å². The quantitative estimate of drug-likeness (QED) is 0.864. The molecule has 0 radical (unpaired) electrons. The summed E-state index contributed by atoms with van der Waals surface area (Å²) in [7, 11) is 3.75. The number of nitrogens with zero attached hydrogens (tertiary/aromatic N) is 1. The van der Waals surface area contributed by atoms with Crippen molar-refractivity contribution in [2.45, 2.75) is 13.8 Å². The van der Waals surface area contributed by atoms with Crippen LogP contribution in [0.3, 0.4) is 0 Å². The van der Waals surface area contributed by atoms with E-state index in [1.165, 1.54) is 17.3 Å². The first-order valence-corrected chi connectivity index (χ1v) is 7.01. The average molecular weight is 282 g/mol. The molecule has 0 spiro atoms. The maximum Gasteiger partial charge on any atom is 0.234 e. The number of amides is 1. The Morgan fingerprint density at radius 3 is 2.67 bits per heavy atom. The molecule has 0 atom stereocenters. The van der Waals surface area contributed by atoms with Crippen molar-refractivity contribution in [1.82, 2.24) is 4.90 Å². The number of anilines is 1. The first kappa shape index (κ1) is 15.0. The van der Waals surface area contributed by atoms with Gasteiger partial charge in [0.2, 0.25) is 5.91 Å². The molecule has 1 rings (SSSR count). The Kier molecular flexibility index (Phi) is 5.62. The Labute approximate surface area is 118 Å². The number of hydrogen-bond donors (Lipinski definition) is 1. The fourth-order valence-corrected chi connectivity index (χ4v) is 2.09. The van der Waals surface area contributed by atoms with Crippen molar-refractivity contribution in [3.8, 4) is 0 Å². The van der Waals surface area contributed by atoms with E-state index in [-0.39, 0.29) is 5.91 Å². The number of nitrogens with one attached hydrogen (secondary N) is 1. The molecule has 0 fully saturated rings. The third kappa shape index (κ3) is 4.31. The van der Waals surface area contributed by atoms with E-state index in [1.54, 1.807) is 0 Å². The molecule has 0 aliphatic heterocycles. The van der Waals surface area contributed by atoms with Gasteiger partial charge in [-0.1, -0.05) is 36.1 Å². The van der Waals surface area contributed by atoms with Gasteiger partial charge in [-0.3, -0.25) is 4.79 Å². The average Bonchev–Trinajstić information content (AvgIpc) is 2.32. The standard InChI is InChI=1S/C13H18N2OS2/c1-9-6-5-7-11(10(9)2)14-12(16)8-18-13(17)15(3)4/h5-7H,8H2,1-4H3,(H,14,16). The monoisotopic (exact) mass is 282 g/mol. The minimum atomic E-state index is -0.0297. The van der Waals surface area contributed by atoms with Crippen LogP contribution in [0.1, 0.15) is 11.1 Å². The number of carbonyl (C=O) groups excluding carboxylic acids is 1. The van der Waals surface area contributed by atoms with Crippen LogP contribution in [0, 0.1) is 13.8 Å². The zero-order valence-electron chi connectivity index (χ0n) is 11.1. The summed E-state index contributed by atoms with van der Waals surface area (Å²) in [6.45, 7) is 4.03. The lowest BCUT2D eigenvalue weighted by Crippen LogP contribution is -2.21. The van der Waals surface area contributed by atoms with E-state index in [0.717, 1.165) is 11.3 Å². The van der Waals surface area contributed by atoms with Crippen LogP contribution in [0.2, 0.25) is 0 Å². The lowest BCUT2D eigenvalue weighted by molar-refractivity contribution is -0.113. The molecular formula is C13H18N2OS2. The van der Waals surface area contributed by atoms with Gasteiger partial charge in [0.1, 0.15) is 4.32 Å². The number of benzene rings is 1. The molecule has 18 heavy (non-hydrogen) atoms. The summed E-state index contributed by atoms with van der Waals surface area (Å²) in [4.78, 5) is 13.6. The van der Waals surface area contributed by atoms with Gasteiger partial charge in [0.25, 0.3) is 0 Å². The largest absolute Gasteiger partial charge is 0.364 e. The fourth-order valence-electron chi connectivity index (χ4n) is 1.33. The first-order chi connectivity index (χ1) is 8.41. The van der Waals surface area contributed by atoms with Crippen molar-refractivity contribution in [3.63, 3.8) is 0 Å². The van der Waals surface area contributed by atoms with E-state index >= 15 is 0 Å². The number of hydrogen-bond acceptors (Lipinski definition) is 3. The van der Waals surface area contributed by atoms with Crippen LogP contribution in [-0.4, -0.2) is 35.0 Å². The fraction of sp³-hybridized carbons (Fsp3) is 0.385. The maximum atomic E-state index is 11.8. The van der Waals surface area contributed by atoms with Gasteiger partial charge < -0.3 is 10.2 Å². The van der Waals surface area contributed by atoms with Crippen molar-refractivity contribution in [2.75, 3.05) is 25.2 Å². The van der Waals surface area contributed by atoms with Crippen molar-refractivity contribution < 1.29 is 4.79 Å². The molecule has 0 saturated heterocycles. The molecule has 5 heteroatoms. The zero-order chi connectivity index (χ0) is 13.7. The Balaban J connectivity index is 2.55. The van der Waals surface area contributed by atoms with Crippen molar-refractivity contribution >= 4 is 39.9 Å². The molecule has 98 valence electrons. The topological polar surface area (TPSA) is 32.3 Å². The summed E-state index contributed by atoms with van der Waals surface area (Å²) < 4.78 is 0.714. The van der Waals surface area contributed by atoms with Crippen LogP contribution >= 0.6 is 24.0 Å². The second-order valence-electron chi connectivity index (χ2n) is 4.24. The number of thiocarbonyl (C=S) groups is 1. The second-order valence-corrected chi connectivity index (χ2v) is 5.85. The van der Waals surface area contributed by atoms with Crippen molar-refractivity contribution in [3.05, 3.63) is 29.3 Å². The molecule has 1 aromatic rings. The van der Waals surface area contributed by atoms with Crippen molar-refractivity contribution in [2.24, 2.45) is 0 Å². The normalized spacial score (nSPS) is 10.0. The van der Waals surface area contributed by atoms with E-state index < -0.39 is 0 Å². The van der Waals surface area contributed by atoms with Gasteiger partial charge in [0.15, 0.2) is 0 Å². The molecule has 0 aliphatic carbocycles. The lowest BCUT2D eigenvalue weighted by Gasteiger charge is -2.13. The van der Waals surface area contributed by atoms with Gasteiger partial charge in [-0.15, -0.1) is 0 Å². The molecule has 1 aromatic carbocycles. The highest BCUT2D eigenvalue weighted by molar-refractivity contribution is 8.23. The second kappa shape index (κ2) is 6.75. The van der Waals surface area contributed by atoms with E-state index in [0.29, 0.717) is 10.1 Å². The molecule has 0 heterocycles. The Bertz CT molecular complexity index is 458. The predicted molar refractivity (Wildman–Crippen MR) is 83.3 cm³/mol. The summed E-state index contributed by atoms with van der Waals surface area (Å²) in [5.74, 6) is 0.308. The van der Waals surface area contributed by atoms with Gasteiger partial charge in [-0.05, 0) is 31.0 Å². The smallest absolute Gasteiger partial charge is 0.234 e. The van der Waals surface area contributed by atoms with Crippen LogP contribution in [-0.2, 0) is 4.79 Å². The molecule has 0 unspecified atom stereocenters. The Hall–Kier alpha value is -1.07. The molecule has 0 bridgehead atoms. The van der Waals surface area contributed by atoms with Gasteiger partial charge in [0, 0.05) is 19.8 Å². The number of aryl methyl sites for hydroxylation is 1. The predicted octanol–water partition coefficient (Wildman–Crippen LogP) is 2.82. The first-order valence-electron chi connectivity index (χ1n) is 5.62. The lowest BCUT2D eigenvalue weighted by atomic mass is 10.1. The van der Waals surface area contributed by atoms with Crippen LogP contribution < -0.4 is 5.32 Å². The van der Waals surface area contributed by atoms with Gasteiger partial charge in [0.05, 0.1) is 5.75 Å². The summed E-state index contributed by atoms with van der Waals surface area (Å²) >= 11 is 6.48. The van der Waals surface area contributed by atoms with E-state index in [9.17, 15) is 4.79 Å². The minimum absolute atomic E-state index is 0.0297. The molecule has 0 aliphatic rings. The van der Waals surface area contributed by atoms with Crippen LogP contribution in [0.25, 0.3) is 0 Å². The van der Waals surface area contributed by atoms with Crippen LogP contribution in [0.4, 0.5) is 5.69 Å². The van der Waals surface area contributed by atoms with Gasteiger partial charge in [-0.25, -0.2) is 0 Å². The minimum Gasteiger partial charge on any atom is -0.364 e. The van der Waals surface area contributed by atoms with Crippen LogP contribution in [0.15, 0.2) is 18.2 Å². The summed E-state index contributed by atoms with van der Waals surface area (Å²) in [5, 5.41) is 2.91. The highest BCUT2D eigenvalue weighted by Gasteiger charge is 2.08. The number of carbonyl (C=O) groups is 1. The molecule has 0 saturated carbocycles. The zero-order valence-corrected chi connectivity index (χ0v) is 12.7. The Morgan fingerprint density at radius 1 is 1.39 bits per heavy atom. The van der Waals surface area contributed by atoms with E-state index in [2.05, 4.69) is 5.32 Å². The summed E-state index contributed by atoms with van der Waals surface area (Å²) in [6.07, 6.45) is 0. The van der Waals surface area contributed by atoms with Gasteiger partial charge >= 0.3 is 0 Å². The Morgan fingerprint density at radius 2 is 2.06 bits per heavy atom. The van der Waals surface area contributed by atoms with Crippen LogP contribution in [0.5, 0.6) is 0 Å². The molecule has 1 N–H and O–H groups in total. The molecule has 3 nitrogen and oxygen atoms in total. The molecule has 0 aromatic heterocycles. The highest BCUT2D eigenvalue weighted by Crippen LogP contribution is 2.18. The third-order valence-corrected chi connectivity index (χ3v) is 4.31. The van der Waals surface area contributed by atoms with Gasteiger partial charge in [-0.2, -0.15) is 0 Å². The SMILES string of the molecule is Cc1cccc(NC(=O)CSC(=S)N(C)C)c1C. The van der Waals surface area contributed by atoms with E-state index in [4.69, 9.17) is 12.2 Å². The van der Waals surface area contributed by atoms with Crippen molar-refractivity contribution in [1.29, 1.82) is 0 Å². The number of thioether (sulfide) groups is 1. The summed E-state index contributed by atoms with van der Waals surface area (Å²) in [6, 6.07) is 5.88. The number of rotatable bonds is 3. The maximum absolute atomic E-state index is 11.8. The molecule has 1 amide bonds. The summed E-state index contributed by atoms with van der Waals surface area (Å²) in [5.41, 5.74) is 3.15.